The fourth-order valence-corrected chi connectivity index (χ4v) is 3.65. The Labute approximate surface area is 150 Å². The van der Waals surface area contributed by atoms with Gasteiger partial charge in [-0.25, -0.2) is 4.98 Å². The number of methoxy groups -OCH3 is 1. The van der Waals surface area contributed by atoms with E-state index in [2.05, 4.69) is 10.3 Å². The van der Waals surface area contributed by atoms with E-state index in [1.165, 1.54) is 11.3 Å². The molecule has 0 unspecified atom stereocenters. The zero-order valence-electron chi connectivity index (χ0n) is 14.3. The number of carbonyl (C=O) groups excluding carboxylic acids is 2. The van der Waals surface area contributed by atoms with E-state index in [1.54, 1.807) is 24.1 Å². The summed E-state index contributed by atoms with van der Waals surface area (Å²) >= 11 is 1.43. The topological polar surface area (TPSA) is 71.5 Å². The Hall–Kier alpha value is -2.41. The van der Waals surface area contributed by atoms with Crippen molar-refractivity contribution in [3.63, 3.8) is 0 Å². The van der Waals surface area contributed by atoms with Crippen LogP contribution in [0.2, 0.25) is 0 Å². The Bertz CT molecular complexity index is 766. The van der Waals surface area contributed by atoms with E-state index in [-0.39, 0.29) is 17.7 Å². The minimum atomic E-state index is -0.0917. The van der Waals surface area contributed by atoms with E-state index in [0.29, 0.717) is 42.4 Å². The average molecular weight is 359 g/mol. The van der Waals surface area contributed by atoms with Crippen molar-refractivity contribution in [3.05, 3.63) is 40.9 Å². The van der Waals surface area contributed by atoms with E-state index in [9.17, 15) is 9.59 Å². The molecule has 0 bridgehead atoms. The molecule has 132 valence electrons. The second kappa shape index (κ2) is 7.65. The number of piperidine rings is 1. The minimum Gasteiger partial charge on any atom is -0.496 e. The molecule has 6 nitrogen and oxygen atoms in total. The van der Waals surface area contributed by atoms with Gasteiger partial charge in [-0.2, -0.15) is 0 Å². The van der Waals surface area contributed by atoms with Crippen molar-refractivity contribution in [1.29, 1.82) is 0 Å². The molecular weight excluding hydrogens is 338 g/mol. The van der Waals surface area contributed by atoms with Gasteiger partial charge in [0, 0.05) is 24.4 Å². The highest BCUT2D eigenvalue weighted by Crippen LogP contribution is 2.25. The first-order valence-corrected chi connectivity index (χ1v) is 9.11. The van der Waals surface area contributed by atoms with Gasteiger partial charge < -0.3 is 15.0 Å². The van der Waals surface area contributed by atoms with Gasteiger partial charge in [0.05, 0.1) is 18.4 Å². The van der Waals surface area contributed by atoms with Crippen LogP contribution in [0.5, 0.6) is 5.75 Å². The molecule has 7 heteroatoms. The maximum absolute atomic E-state index is 12.7. The first kappa shape index (κ1) is 17.4. The van der Waals surface area contributed by atoms with Gasteiger partial charge in [-0.05, 0) is 31.9 Å². The lowest BCUT2D eigenvalue weighted by Gasteiger charge is -2.31. The number of likely N-dealkylation sites (tertiary alicyclic amines) is 1. The monoisotopic (exact) mass is 359 g/mol. The van der Waals surface area contributed by atoms with Crippen LogP contribution >= 0.6 is 11.3 Å². The molecule has 0 radical (unpaired) electrons. The zero-order chi connectivity index (χ0) is 17.8. The fraction of sp³-hybridized carbons (Fsp3) is 0.389. The Balaban J connectivity index is 1.58. The van der Waals surface area contributed by atoms with Crippen molar-refractivity contribution >= 4 is 28.3 Å². The van der Waals surface area contributed by atoms with E-state index < -0.39 is 0 Å². The summed E-state index contributed by atoms with van der Waals surface area (Å²) in [4.78, 5) is 31.1. The molecule has 1 saturated heterocycles. The molecular formula is C18H21N3O3S. The third kappa shape index (κ3) is 3.99. The second-order valence-corrected chi connectivity index (χ2v) is 6.91. The molecule has 3 rings (SSSR count). The molecule has 1 aliphatic heterocycles. The maximum atomic E-state index is 12.7. The Morgan fingerprint density at radius 1 is 1.28 bits per heavy atom. The van der Waals surface area contributed by atoms with Crippen LogP contribution in [-0.4, -0.2) is 41.9 Å². The molecule has 25 heavy (non-hydrogen) atoms. The van der Waals surface area contributed by atoms with Gasteiger partial charge in [0.15, 0.2) is 5.13 Å². The van der Waals surface area contributed by atoms with Crippen LogP contribution < -0.4 is 10.1 Å². The number of benzene rings is 1. The molecule has 0 atom stereocenters. The Kier molecular flexibility index (Phi) is 5.33. The van der Waals surface area contributed by atoms with Crippen LogP contribution in [0.15, 0.2) is 29.6 Å². The number of hydrogen-bond acceptors (Lipinski definition) is 5. The van der Waals surface area contributed by atoms with Crippen LogP contribution in [0.1, 0.15) is 28.9 Å². The van der Waals surface area contributed by atoms with Crippen molar-refractivity contribution in [1.82, 2.24) is 9.88 Å². The normalized spacial score (nSPS) is 15.0. The summed E-state index contributed by atoms with van der Waals surface area (Å²) in [5, 5.41) is 5.41. The molecule has 1 N–H and O–H groups in total. The molecule has 0 spiro atoms. The number of amides is 2. The average Bonchev–Trinajstić information content (AvgIpc) is 3.06. The molecule has 1 aliphatic rings. The molecule has 1 aromatic heterocycles. The van der Waals surface area contributed by atoms with Crippen LogP contribution in [0.3, 0.4) is 0 Å². The number of thiazole rings is 1. The number of anilines is 1. The number of para-hydroxylation sites is 1. The summed E-state index contributed by atoms with van der Waals surface area (Å²) in [5.74, 6) is 0.419. The van der Waals surface area contributed by atoms with Gasteiger partial charge in [-0.3, -0.25) is 9.59 Å². The summed E-state index contributed by atoms with van der Waals surface area (Å²) in [6.07, 6.45) is 1.30. The highest BCUT2D eigenvalue weighted by Gasteiger charge is 2.29. The van der Waals surface area contributed by atoms with Gasteiger partial charge in [-0.1, -0.05) is 12.1 Å². The van der Waals surface area contributed by atoms with Crippen LogP contribution in [-0.2, 0) is 4.79 Å². The molecule has 2 heterocycles. The van der Waals surface area contributed by atoms with E-state index in [0.717, 1.165) is 5.69 Å². The van der Waals surface area contributed by atoms with Crippen LogP contribution in [0.25, 0.3) is 0 Å². The molecule has 0 saturated carbocycles. The highest BCUT2D eigenvalue weighted by atomic mass is 32.1. The molecule has 1 aromatic carbocycles. The first-order valence-electron chi connectivity index (χ1n) is 8.23. The van der Waals surface area contributed by atoms with Gasteiger partial charge in [-0.15, -0.1) is 11.3 Å². The molecule has 1 fully saturated rings. The van der Waals surface area contributed by atoms with E-state index >= 15 is 0 Å². The van der Waals surface area contributed by atoms with Crippen LogP contribution in [0, 0.1) is 12.8 Å². The van der Waals surface area contributed by atoms with Crippen molar-refractivity contribution in [3.8, 4) is 5.75 Å². The van der Waals surface area contributed by atoms with Crippen molar-refractivity contribution in [2.24, 2.45) is 5.92 Å². The van der Waals surface area contributed by atoms with Gasteiger partial charge in [0.25, 0.3) is 5.91 Å². The summed E-state index contributed by atoms with van der Waals surface area (Å²) in [6.45, 7) is 3.02. The van der Waals surface area contributed by atoms with Gasteiger partial charge in [0.1, 0.15) is 5.75 Å². The predicted molar refractivity (Wildman–Crippen MR) is 97.1 cm³/mol. The number of hydrogen-bond donors (Lipinski definition) is 1. The Morgan fingerprint density at radius 3 is 2.64 bits per heavy atom. The summed E-state index contributed by atoms with van der Waals surface area (Å²) < 4.78 is 5.27. The summed E-state index contributed by atoms with van der Waals surface area (Å²) in [5.41, 5.74) is 1.46. The third-order valence-electron chi connectivity index (χ3n) is 4.34. The SMILES string of the molecule is COc1ccccc1C(=O)N1CCC(C(=O)Nc2nc(C)cs2)CC1. The lowest BCUT2D eigenvalue weighted by Crippen LogP contribution is -2.41. The van der Waals surface area contributed by atoms with Gasteiger partial charge in [0.2, 0.25) is 5.91 Å². The van der Waals surface area contributed by atoms with E-state index in [4.69, 9.17) is 4.74 Å². The first-order chi connectivity index (χ1) is 12.1. The number of nitrogens with zero attached hydrogens (tertiary/aromatic N) is 2. The Morgan fingerprint density at radius 2 is 2.00 bits per heavy atom. The largest absolute Gasteiger partial charge is 0.496 e. The quantitative estimate of drug-likeness (QED) is 0.911. The van der Waals surface area contributed by atoms with Crippen LogP contribution in [0.4, 0.5) is 5.13 Å². The number of ether oxygens (including phenoxy) is 1. The minimum absolute atomic E-state index is 0.0151. The number of aryl methyl sites for hydroxylation is 1. The number of rotatable bonds is 4. The lowest BCUT2D eigenvalue weighted by atomic mass is 9.95. The second-order valence-electron chi connectivity index (χ2n) is 6.05. The standard InChI is InChI=1S/C18H21N3O3S/c1-12-11-25-18(19-12)20-16(22)13-7-9-21(10-8-13)17(23)14-5-3-4-6-15(14)24-2/h3-6,11,13H,7-10H2,1-2H3,(H,19,20,22). The number of aromatic nitrogens is 1. The van der Waals surface area contributed by atoms with Crippen molar-refractivity contribution < 1.29 is 14.3 Å². The molecule has 2 amide bonds. The predicted octanol–water partition coefficient (Wildman–Crippen LogP) is 2.95. The van der Waals surface area contributed by atoms with Crippen molar-refractivity contribution in [2.75, 3.05) is 25.5 Å². The number of nitrogens with one attached hydrogen (secondary N) is 1. The fourth-order valence-electron chi connectivity index (χ4n) is 2.96. The smallest absolute Gasteiger partial charge is 0.257 e. The maximum Gasteiger partial charge on any atom is 0.257 e. The molecule has 0 aliphatic carbocycles. The number of carbonyl (C=O) groups is 2. The van der Waals surface area contributed by atoms with Crippen molar-refractivity contribution in [2.45, 2.75) is 19.8 Å². The summed E-state index contributed by atoms with van der Waals surface area (Å²) in [7, 11) is 1.56. The third-order valence-corrected chi connectivity index (χ3v) is 5.22. The lowest BCUT2D eigenvalue weighted by molar-refractivity contribution is -0.121. The molecule has 2 aromatic rings. The highest BCUT2D eigenvalue weighted by molar-refractivity contribution is 7.13. The van der Waals surface area contributed by atoms with E-state index in [1.807, 2.05) is 24.4 Å². The zero-order valence-corrected chi connectivity index (χ0v) is 15.1. The van der Waals surface area contributed by atoms with Gasteiger partial charge >= 0.3 is 0 Å². The summed E-state index contributed by atoms with van der Waals surface area (Å²) in [6, 6.07) is 7.21.